The summed E-state index contributed by atoms with van der Waals surface area (Å²) in [6.07, 6.45) is 4.29. The van der Waals surface area contributed by atoms with Crippen molar-refractivity contribution in [2.75, 3.05) is 39.3 Å². The highest BCUT2D eigenvalue weighted by Gasteiger charge is 2.17. The number of hydrogen-bond donors (Lipinski definition) is 1. The predicted octanol–water partition coefficient (Wildman–Crippen LogP) is 2.67. The van der Waals surface area contributed by atoms with E-state index < -0.39 is 0 Å². The lowest BCUT2D eigenvalue weighted by Gasteiger charge is -2.34. The minimum atomic E-state index is -0.207. The molecule has 1 fully saturated rings. The van der Waals surface area contributed by atoms with Crippen molar-refractivity contribution in [3.8, 4) is 11.3 Å². The van der Waals surface area contributed by atoms with Gasteiger partial charge >= 0.3 is 0 Å². The molecule has 156 valence electrons. The van der Waals surface area contributed by atoms with Crippen LogP contribution >= 0.6 is 0 Å². The second kappa shape index (κ2) is 10.1. The van der Waals surface area contributed by atoms with Gasteiger partial charge in [-0.25, -0.2) is 0 Å². The van der Waals surface area contributed by atoms with E-state index in [4.69, 9.17) is 4.52 Å². The highest BCUT2D eigenvalue weighted by atomic mass is 16.5. The maximum Gasteiger partial charge on any atom is 0.273 e. The third-order valence-corrected chi connectivity index (χ3v) is 5.34. The topological polar surface area (TPSA) is 74.5 Å². The van der Waals surface area contributed by atoms with Crippen LogP contribution in [-0.4, -0.2) is 65.1 Å². The summed E-state index contributed by atoms with van der Waals surface area (Å²) >= 11 is 0. The molecule has 4 rings (SSSR count). The number of pyridine rings is 1. The van der Waals surface area contributed by atoms with Gasteiger partial charge in [-0.15, -0.1) is 0 Å². The first-order valence-corrected chi connectivity index (χ1v) is 10.4. The smallest absolute Gasteiger partial charge is 0.273 e. The fraction of sp³-hybridized carbons (Fsp3) is 0.348. The molecular weight excluding hydrogens is 378 g/mol. The summed E-state index contributed by atoms with van der Waals surface area (Å²) in [5, 5.41) is 6.80. The summed E-state index contributed by atoms with van der Waals surface area (Å²) in [5.74, 6) is 0.336. The Morgan fingerprint density at radius 2 is 1.83 bits per heavy atom. The molecule has 2 aromatic heterocycles. The van der Waals surface area contributed by atoms with E-state index >= 15 is 0 Å². The molecule has 1 aliphatic heterocycles. The molecule has 1 aromatic carbocycles. The van der Waals surface area contributed by atoms with Crippen molar-refractivity contribution < 1.29 is 9.32 Å². The Balaban J connectivity index is 1.14. The van der Waals surface area contributed by atoms with E-state index in [0.29, 0.717) is 18.0 Å². The molecule has 0 saturated carbocycles. The first-order chi connectivity index (χ1) is 14.8. The first-order valence-electron chi connectivity index (χ1n) is 10.4. The highest BCUT2D eigenvalue weighted by molar-refractivity contribution is 5.93. The molecule has 0 aliphatic carbocycles. The van der Waals surface area contributed by atoms with Gasteiger partial charge in [0.1, 0.15) is 0 Å². The standard InChI is InChI=1S/C23H27N5O2/c29-23(21-16-22(30-26-21)20-8-4-9-24-17-20)25-10-5-11-27-12-14-28(15-13-27)18-19-6-2-1-3-7-19/h1-4,6-9,16-17H,5,10-15,18H2,(H,25,29). The molecule has 3 aromatic rings. The van der Waals surface area contributed by atoms with Crippen LogP contribution in [0.1, 0.15) is 22.5 Å². The molecule has 0 radical (unpaired) electrons. The number of hydrogen-bond acceptors (Lipinski definition) is 6. The van der Waals surface area contributed by atoms with Gasteiger partial charge in [-0.3, -0.25) is 14.7 Å². The Kier molecular flexibility index (Phi) is 6.84. The molecule has 1 saturated heterocycles. The van der Waals surface area contributed by atoms with Crippen LogP contribution in [0, 0.1) is 0 Å². The van der Waals surface area contributed by atoms with Crippen molar-refractivity contribution in [3.63, 3.8) is 0 Å². The molecule has 0 spiro atoms. The summed E-state index contributed by atoms with van der Waals surface area (Å²) in [4.78, 5) is 21.3. The predicted molar refractivity (Wildman–Crippen MR) is 115 cm³/mol. The van der Waals surface area contributed by atoms with Gasteiger partial charge in [0.25, 0.3) is 5.91 Å². The number of carbonyl (C=O) groups excluding carboxylic acids is 1. The van der Waals surface area contributed by atoms with Crippen LogP contribution in [0.5, 0.6) is 0 Å². The van der Waals surface area contributed by atoms with Crippen LogP contribution in [0.4, 0.5) is 0 Å². The highest BCUT2D eigenvalue weighted by Crippen LogP contribution is 2.18. The number of carbonyl (C=O) groups is 1. The second-order valence-corrected chi connectivity index (χ2v) is 7.53. The maximum atomic E-state index is 12.3. The van der Waals surface area contributed by atoms with Gasteiger partial charge in [-0.05, 0) is 30.7 Å². The Morgan fingerprint density at radius 1 is 1.03 bits per heavy atom. The van der Waals surface area contributed by atoms with Crippen molar-refractivity contribution in [1.82, 2.24) is 25.3 Å². The summed E-state index contributed by atoms with van der Waals surface area (Å²) in [6, 6.07) is 16.0. The number of aromatic nitrogens is 2. The van der Waals surface area contributed by atoms with Crippen molar-refractivity contribution in [2.24, 2.45) is 0 Å². The van der Waals surface area contributed by atoms with Gasteiger partial charge < -0.3 is 14.7 Å². The van der Waals surface area contributed by atoms with E-state index in [1.807, 2.05) is 12.1 Å². The summed E-state index contributed by atoms with van der Waals surface area (Å²) < 4.78 is 5.26. The van der Waals surface area contributed by atoms with Crippen LogP contribution < -0.4 is 5.32 Å². The number of piperazine rings is 1. The van der Waals surface area contributed by atoms with Gasteiger partial charge in [0.2, 0.25) is 0 Å². The molecule has 7 heteroatoms. The molecule has 30 heavy (non-hydrogen) atoms. The molecule has 0 atom stereocenters. The van der Waals surface area contributed by atoms with Gasteiger partial charge in [0.05, 0.1) is 0 Å². The summed E-state index contributed by atoms with van der Waals surface area (Å²) in [6.45, 7) is 6.92. The molecule has 7 nitrogen and oxygen atoms in total. The average molecular weight is 406 g/mol. The SMILES string of the molecule is O=C(NCCCN1CCN(Cc2ccccc2)CC1)c1cc(-c2cccnc2)on1. The third-order valence-electron chi connectivity index (χ3n) is 5.34. The van der Waals surface area contributed by atoms with Gasteiger partial charge in [0, 0.05) is 63.3 Å². The zero-order chi connectivity index (χ0) is 20.6. The van der Waals surface area contributed by atoms with Crippen molar-refractivity contribution in [1.29, 1.82) is 0 Å². The molecule has 1 N–H and O–H groups in total. The van der Waals surface area contributed by atoms with Crippen LogP contribution in [0.3, 0.4) is 0 Å². The summed E-state index contributed by atoms with van der Waals surface area (Å²) in [5.41, 5.74) is 2.46. The largest absolute Gasteiger partial charge is 0.355 e. The van der Waals surface area contributed by atoms with Gasteiger partial charge in [-0.1, -0.05) is 35.5 Å². The zero-order valence-corrected chi connectivity index (χ0v) is 17.0. The van der Waals surface area contributed by atoms with Crippen LogP contribution in [-0.2, 0) is 6.54 Å². The monoisotopic (exact) mass is 405 g/mol. The number of nitrogens with zero attached hydrogens (tertiary/aromatic N) is 4. The maximum absolute atomic E-state index is 12.3. The molecule has 3 heterocycles. The fourth-order valence-corrected chi connectivity index (χ4v) is 3.63. The molecule has 1 amide bonds. The second-order valence-electron chi connectivity index (χ2n) is 7.53. The minimum Gasteiger partial charge on any atom is -0.355 e. The Labute approximate surface area is 176 Å². The van der Waals surface area contributed by atoms with Crippen LogP contribution in [0.25, 0.3) is 11.3 Å². The number of nitrogens with one attached hydrogen (secondary N) is 1. The molecular formula is C23H27N5O2. The lowest BCUT2D eigenvalue weighted by Crippen LogP contribution is -2.46. The van der Waals surface area contributed by atoms with Crippen molar-refractivity contribution in [3.05, 3.63) is 72.2 Å². The van der Waals surface area contributed by atoms with E-state index in [0.717, 1.165) is 51.3 Å². The fourth-order valence-electron chi connectivity index (χ4n) is 3.63. The first kappa shape index (κ1) is 20.3. The normalized spacial score (nSPS) is 15.2. The third kappa shape index (κ3) is 5.52. The molecule has 0 bridgehead atoms. The lowest BCUT2D eigenvalue weighted by molar-refractivity contribution is 0.0938. The van der Waals surface area contributed by atoms with Crippen LogP contribution in [0.15, 0.2) is 65.4 Å². The Morgan fingerprint density at radius 3 is 2.60 bits per heavy atom. The number of amides is 1. The van der Waals surface area contributed by atoms with E-state index in [9.17, 15) is 4.79 Å². The number of rotatable bonds is 8. The molecule has 0 unspecified atom stereocenters. The Hall–Kier alpha value is -3.03. The quantitative estimate of drug-likeness (QED) is 0.581. The van der Waals surface area contributed by atoms with Crippen LogP contribution in [0.2, 0.25) is 0 Å². The van der Waals surface area contributed by atoms with Crippen molar-refractivity contribution in [2.45, 2.75) is 13.0 Å². The van der Waals surface area contributed by atoms with Gasteiger partial charge in [0.15, 0.2) is 11.5 Å². The van der Waals surface area contributed by atoms with E-state index in [2.05, 4.69) is 55.6 Å². The zero-order valence-electron chi connectivity index (χ0n) is 17.0. The van der Waals surface area contributed by atoms with E-state index in [1.165, 1.54) is 5.56 Å². The Bertz CT molecular complexity index is 921. The minimum absolute atomic E-state index is 0.207. The van der Waals surface area contributed by atoms with E-state index in [1.54, 1.807) is 18.5 Å². The van der Waals surface area contributed by atoms with E-state index in [-0.39, 0.29) is 5.91 Å². The molecule has 1 aliphatic rings. The van der Waals surface area contributed by atoms with Gasteiger partial charge in [-0.2, -0.15) is 0 Å². The average Bonchev–Trinajstić information content (AvgIpc) is 3.30. The lowest BCUT2D eigenvalue weighted by atomic mass is 10.2. The summed E-state index contributed by atoms with van der Waals surface area (Å²) in [7, 11) is 0. The number of benzene rings is 1. The van der Waals surface area contributed by atoms with Crippen molar-refractivity contribution >= 4 is 5.91 Å².